The molecule has 6 heteroatoms. The van der Waals surface area contributed by atoms with E-state index in [2.05, 4.69) is 0 Å². The van der Waals surface area contributed by atoms with Crippen LogP contribution >= 0.6 is 11.6 Å². The molecule has 1 aromatic rings. The number of hydrogen-bond acceptors (Lipinski definition) is 2. The largest absolute Gasteiger partial charge is 0.481 e. The number of amides is 1. The summed E-state index contributed by atoms with van der Waals surface area (Å²) >= 11 is 5.73. The zero-order valence-electron chi connectivity index (χ0n) is 9.11. The highest BCUT2D eigenvalue weighted by Gasteiger charge is 2.19. The molecule has 1 amide bonds. The molecule has 1 rings (SSSR count). The van der Waals surface area contributed by atoms with Crippen molar-refractivity contribution in [3.05, 3.63) is 34.6 Å². The van der Waals surface area contributed by atoms with Gasteiger partial charge in [-0.2, -0.15) is 0 Å². The highest BCUT2D eigenvalue weighted by molar-refractivity contribution is 6.33. The van der Waals surface area contributed by atoms with Gasteiger partial charge in [-0.3, -0.25) is 9.59 Å². The number of rotatable bonds is 4. The molecule has 17 heavy (non-hydrogen) atoms. The van der Waals surface area contributed by atoms with Crippen molar-refractivity contribution in [2.45, 2.75) is 6.42 Å². The average Bonchev–Trinajstić information content (AvgIpc) is 2.25. The van der Waals surface area contributed by atoms with Crippen LogP contribution in [0.4, 0.5) is 4.39 Å². The fourth-order valence-electron chi connectivity index (χ4n) is 1.26. The third kappa shape index (κ3) is 3.42. The minimum Gasteiger partial charge on any atom is -0.481 e. The van der Waals surface area contributed by atoms with Crippen LogP contribution in [0.5, 0.6) is 0 Å². The van der Waals surface area contributed by atoms with Crippen LogP contribution in [0.15, 0.2) is 18.2 Å². The van der Waals surface area contributed by atoms with Crippen LogP contribution in [0.25, 0.3) is 0 Å². The Hall–Kier alpha value is -1.62. The van der Waals surface area contributed by atoms with Gasteiger partial charge < -0.3 is 10.0 Å². The van der Waals surface area contributed by atoms with Crippen LogP contribution in [0.1, 0.15) is 16.8 Å². The van der Waals surface area contributed by atoms with Crippen LogP contribution in [-0.4, -0.2) is 35.5 Å². The minimum atomic E-state index is -1.02. The second kappa shape index (κ2) is 5.63. The van der Waals surface area contributed by atoms with Gasteiger partial charge in [0.15, 0.2) is 0 Å². The van der Waals surface area contributed by atoms with E-state index in [9.17, 15) is 14.0 Å². The molecule has 0 atom stereocenters. The molecule has 1 aromatic carbocycles. The van der Waals surface area contributed by atoms with Crippen LogP contribution in [0.2, 0.25) is 5.02 Å². The Bertz CT molecular complexity index is 430. The van der Waals surface area contributed by atoms with E-state index in [1.165, 1.54) is 19.2 Å². The molecule has 0 heterocycles. The van der Waals surface area contributed by atoms with Gasteiger partial charge in [-0.05, 0) is 12.1 Å². The average molecular weight is 260 g/mol. The van der Waals surface area contributed by atoms with Gasteiger partial charge in [0.25, 0.3) is 5.91 Å². The topological polar surface area (TPSA) is 57.6 Å². The Morgan fingerprint density at radius 2 is 2.12 bits per heavy atom. The number of carbonyl (C=O) groups excluding carboxylic acids is 1. The molecular weight excluding hydrogens is 249 g/mol. The maximum Gasteiger partial charge on any atom is 0.305 e. The van der Waals surface area contributed by atoms with Crippen molar-refractivity contribution >= 4 is 23.5 Å². The molecule has 0 bridgehead atoms. The molecule has 1 N–H and O–H groups in total. The number of carbonyl (C=O) groups is 2. The minimum absolute atomic E-state index is 0.00116. The van der Waals surface area contributed by atoms with Gasteiger partial charge in [0.05, 0.1) is 17.0 Å². The number of aliphatic carboxylic acids is 1. The first kappa shape index (κ1) is 13.4. The van der Waals surface area contributed by atoms with E-state index in [0.29, 0.717) is 0 Å². The number of nitrogens with zero attached hydrogens (tertiary/aromatic N) is 1. The van der Waals surface area contributed by atoms with Gasteiger partial charge in [-0.15, -0.1) is 0 Å². The molecule has 0 spiro atoms. The molecule has 92 valence electrons. The summed E-state index contributed by atoms with van der Waals surface area (Å²) in [5, 5.41) is 8.50. The first-order chi connectivity index (χ1) is 7.93. The van der Waals surface area contributed by atoms with Crippen molar-refractivity contribution in [1.82, 2.24) is 4.90 Å². The molecule has 0 saturated carbocycles. The Kier molecular flexibility index (Phi) is 4.45. The quantitative estimate of drug-likeness (QED) is 0.900. The van der Waals surface area contributed by atoms with Gasteiger partial charge in [-0.1, -0.05) is 17.7 Å². The molecule has 0 aliphatic heterocycles. The number of benzene rings is 1. The van der Waals surface area contributed by atoms with E-state index in [1.807, 2.05) is 0 Å². The van der Waals surface area contributed by atoms with E-state index in [4.69, 9.17) is 16.7 Å². The number of carboxylic acids is 1. The summed E-state index contributed by atoms with van der Waals surface area (Å²) in [6, 6.07) is 3.93. The highest BCUT2D eigenvalue weighted by atomic mass is 35.5. The van der Waals surface area contributed by atoms with Gasteiger partial charge >= 0.3 is 5.97 Å². The molecule has 0 aromatic heterocycles. The number of hydrogen-bond donors (Lipinski definition) is 1. The lowest BCUT2D eigenvalue weighted by molar-refractivity contribution is -0.137. The Labute approximate surface area is 103 Å². The van der Waals surface area contributed by atoms with E-state index in [0.717, 1.165) is 11.0 Å². The SMILES string of the molecule is CN(CCC(=O)O)C(=O)c1c(F)cccc1Cl. The summed E-state index contributed by atoms with van der Waals surface area (Å²) in [5.74, 6) is -2.37. The monoisotopic (exact) mass is 259 g/mol. The normalized spacial score (nSPS) is 10.1. The lowest BCUT2D eigenvalue weighted by atomic mass is 10.2. The first-order valence-electron chi connectivity index (χ1n) is 4.84. The second-order valence-electron chi connectivity index (χ2n) is 3.47. The van der Waals surface area contributed by atoms with E-state index in [-0.39, 0.29) is 23.6 Å². The second-order valence-corrected chi connectivity index (χ2v) is 3.87. The van der Waals surface area contributed by atoms with Crippen LogP contribution in [0, 0.1) is 5.82 Å². The van der Waals surface area contributed by atoms with Crippen molar-refractivity contribution in [3.63, 3.8) is 0 Å². The van der Waals surface area contributed by atoms with Gasteiger partial charge in [-0.25, -0.2) is 4.39 Å². The van der Waals surface area contributed by atoms with E-state index >= 15 is 0 Å². The number of carboxylic acid groups (broad SMARTS) is 1. The fourth-order valence-corrected chi connectivity index (χ4v) is 1.50. The van der Waals surface area contributed by atoms with Gasteiger partial charge in [0.1, 0.15) is 5.82 Å². The summed E-state index contributed by atoms with van der Waals surface area (Å²) in [6.45, 7) is -0.00116. The predicted octanol–water partition coefficient (Wildman–Crippen LogP) is 2.03. The van der Waals surface area contributed by atoms with Crippen LogP contribution in [-0.2, 0) is 4.79 Å². The van der Waals surface area contributed by atoms with Gasteiger partial charge in [0, 0.05) is 13.6 Å². The lowest BCUT2D eigenvalue weighted by Crippen LogP contribution is -2.30. The summed E-state index contributed by atoms with van der Waals surface area (Å²) in [6.07, 6.45) is -0.200. The Morgan fingerprint density at radius 3 is 2.65 bits per heavy atom. The smallest absolute Gasteiger partial charge is 0.305 e. The van der Waals surface area contributed by atoms with Crippen molar-refractivity contribution in [2.24, 2.45) is 0 Å². The van der Waals surface area contributed by atoms with Crippen LogP contribution in [0.3, 0.4) is 0 Å². The van der Waals surface area contributed by atoms with E-state index in [1.54, 1.807) is 0 Å². The van der Waals surface area contributed by atoms with Gasteiger partial charge in [0.2, 0.25) is 0 Å². The fraction of sp³-hybridized carbons (Fsp3) is 0.273. The predicted molar refractivity (Wildman–Crippen MR) is 60.6 cm³/mol. The third-order valence-corrected chi connectivity index (χ3v) is 2.50. The zero-order valence-corrected chi connectivity index (χ0v) is 9.87. The lowest BCUT2D eigenvalue weighted by Gasteiger charge is -2.17. The van der Waals surface area contributed by atoms with Crippen molar-refractivity contribution in [3.8, 4) is 0 Å². The standard InChI is InChI=1S/C11H11ClFNO3/c1-14(6-5-9(15)16)11(17)10-7(12)3-2-4-8(10)13/h2-4H,5-6H2,1H3,(H,15,16). The zero-order chi connectivity index (χ0) is 13.0. The molecular formula is C11H11ClFNO3. The first-order valence-corrected chi connectivity index (χ1v) is 5.22. The van der Waals surface area contributed by atoms with Crippen LogP contribution < -0.4 is 0 Å². The molecule has 0 unspecified atom stereocenters. The summed E-state index contributed by atoms with van der Waals surface area (Å²) in [5.41, 5.74) is -0.234. The molecule has 0 aliphatic carbocycles. The summed E-state index contributed by atoms with van der Waals surface area (Å²) in [4.78, 5) is 23.3. The van der Waals surface area contributed by atoms with Crippen molar-refractivity contribution < 1.29 is 19.1 Å². The van der Waals surface area contributed by atoms with E-state index < -0.39 is 17.7 Å². The Morgan fingerprint density at radius 1 is 1.47 bits per heavy atom. The molecule has 0 fully saturated rings. The maximum atomic E-state index is 13.4. The molecule has 0 aliphatic rings. The molecule has 0 radical (unpaired) electrons. The highest BCUT2D eigenvalue weighted by Crippen LogP contribution is 2.20. The van der Waals surface area contributed by atoms with Crippen molar-refractivity contribution in [1.29, 1.82) is 0 Å². The number of halogens is 2. The summed E-state index contributed by atoms with van der Waals surface area (Å²) < 4.78 is 13.4. The molecule has 4 nitrogen and oxygen atoms in total. The Balaban J connectivity index is 2.85. The maximum absolute atomic E-state index is 13.4. The van der Waals surface area contributed by atoms with Crippen molar-refractivity contribution in [2.75, 3.05) is 13.6 Å². The molecule has 0 saturated heterocycles. The third-order valence-electron chi connectivity index (χ3n) is 2.18. The summed E-state index contributed by atoms with van der Waals surface area (Å²) in [7, 11) is 1.40.